The number of thioether (sulfide) groups is 1. The number of ether oxygens (including phenoxy) is 1. The summed E-state index contributed by atoms with van der Waals surface area (Å²) < 4.78 is 11.1. The molecule has 1 aliphatic carbocycles. The lowest BCUT2D eigenvalue weighted by Crippen LogP contribution is -2.37. The molecule has 0 unspecified atom stereocenters. The van der Waals surface area contributed by atoms with Gasteiger partial charge in [0.05, 0.1) is 18.0 Å². The first-order valence-electron chi connectivity index (χ1n) is 12.0. The standard InChI is InChI=1S/C26H27N5O4S/c1-34-19-12-8-17(9-13-19)25-31-30-24(35-25)16-6-10-18(11-7-16)27-22(32)14-15-36-26-28-21-5-3-2-4-20(21)23(33)29-26/h2-5,8-9,12-13,16,18H,6-7,10-11,14-15H2,1H3,(H,27,32)(H,28,29,33). The predicted octanol–water partition coefficient (Wildman–Crippen LogP) is 4.31. The average molecular weight is 506 g/mol. The molecule has 9 nitrogen and oxygen atoms in total. The maximum Gasteiger partial charge on any atom is 0.259 e. The summed E-state index contributed by atoms with van der Waals surface area (Å²) in [5.41, 5.74) is 1.35. The Kier molecular flexibility index (Phi) is 7.31. The van der Waals surface area contributed by atoms with Crippen LogP contribution in [0.25, 0.3) is 22.4 Å². The van der Waals surface area contributed by atoms with Crippen molar-refractivity contribution in [3.63, 3.8) is 0 Å². The van der Waals surface area contributed by atoms with Crippen molar-refractivity contribution in [3.05, 3.63) is 64.8 Å². The summed E-state index contributed by atoms with van der Waals surface area (Å²) in [6.07, 6.45) is 3.85. The largest absolute Gasteiger partial charge is 0.497 e. The lowest BCUT2D eigenvalue weighted by Gasteiger charge is -2.27. The second kappa shape index (κ2) is 10.9. The molecule has 36 heavy (non-hydrogen) atoms. The Labute approximate surface area is 212 Å². The highest BCUT2D eigenvalue weighted by Crippen LogP contribution is 2.33. The van der Waals surface area contributed by atoms with Crippen molar-refractivity contribution in [2.24, 2.45) is 0 Å². The first-order chi connectivity index (χ1) is 17.6. The van der Waals surface area contributed by atoms with Gasteiger partial charge in [-0.1, -0.05) is 23.9 Å². The van der Waals surface area contributed by atoms with Crippen LogP contribution in [0.15, 0.2) is 62.9 Å². The molecule has 1 fully saturated rings. The molecular weight excluding hydrogens is 478 g/mol. The maximum atomic E-state index is 12.5. The molecule has 10 heteroatoms. The van der Waals surface area contributed by atoms with Gasteiger partial charge in [0.15, 0.2) is 5.16 Å². The lowest BCUT2D eigenvalue weighted by atomic mass is 9.86. The van der Waals surface area contributed by atoms with Gasteiger partial charge in [-0.3, -0.25) is 9.59 Å². The van der Waals surface area contributed by atoms with Crippen molar-refractivity contribution < 1.29 is 13.9 Å². The van der Waals surface area contributed by atoms with E-state index in [4.69, 9.17) is 9.15 Å². The highest BCUT2D eigenvalue weighted by atomic mass is 32.2. The summed E-state index contributed by atoms with van der Waals surface area (Å²) in [5, 5.41) is 12.7. The third-order valence-corrected chi connectivity index (χ3v) is 7.25. The van der Waals surface area contributed by atoms with E-state index < -0.39 is 0 Å². The minimum absolute atomic E-state index is 0.00803. The lowest BCUT2D eigenvalue weighted by molar-refractivity contribution is -0.121. The summed E-state index contributed by atoms with van der Waals surface area (Å²) in [4.78, 5) is 31.9. The van der Waals surface area contributed by atoms with Crippen molar-refractivity contribution in [2.75, 3.05) is 12.9 Å². The Hall–Kier alpha value is -3.66. The number of methoxy groups -OCH3 is 1. The van der Waals surface area contributed by atoms with E-state index in [9.17, 15) is 9.59 Å². The van der Waals surface area contributed by atoms with Crippen LogP contribution >= 0.6 is 11.8 Å². The van der Waals surface area contributed by atoms with E-state index in [2.05, 4.69) is 25.5 Å². The predicted molar refractivity (Wildman–Crippen MR) is 137 cm³/mol. The molecule has 1 amide bonds. The molecule has 0 aliphatic heterocycles. The van der Waals surface area contributed by atoms with Gasteiger partial charge >= 0.3 is 0 Å². The van der Waals surface area contributed by atoms with Gasteiger partial charge in [-0.25, -0.2) is 4.98 Å². The normalized spacial score (nSPS) is 17.7. The number of aromatic nitrogens is 4. The highest BCUT2D eigenvalue weighted by molar-refractivity contribution is 7.99. The van der Waals surface area contributed by atoms with E-state index in [1.165, 1.54) is 11.8 Å². The van der Waals surface area contributed by atoms with Crippen molar-refractivity contribution in [1.29, 1.82) is 0 Å². The number of aromatic amines is 1. The number of rotatable bonds is 8. The monoisotopic (exact) mass is 505 g/mol. The smallest absolute Gasteiger partial charge is 0.259 e. The maximum absolute atomic E-state index is 12.5. The molecule has 2 N–H and O–H groups in total. The van der Waals surface area contributed by atoms with E-state index in [0.29, 0.717) is 40.0 Å². The van der Waals surface area contributed by atoms with Gasteiger partial charge in [-0.15, -0.1) is 10.2 Å². The first kappa shape index (κ1) is 24.1. The summed E-state index contributed by atoms with van der Waals surface area (Å²) in [6.45, 7) is 0. The number of hydrogen-bond acceptors (Lipinski definition) is 8. The van der Waals surface area contributed by atoms with E-state index in [0.717, 1.165) is 37.0 Å². The Morgan fingerprint density at radius 3 is 2.67 bits per heavy atom. The zero-order chi connectivity index (χ0) is 24.9. The zero-order valence-electron chi connectivity index (χ0n) is 19.9. The molecule has 0 spiro atoms. The molecular formula is C26H27N5O4S. The van der Waals surface area contributed by atoms with Gasteiger partial charge in [0.25, 0.3) is 5.56 Å². The number of benzene rings is 2. The van der Waals surface area contributed by atoms with E-state index in [1.54, 1.807) is 13.2 Å². The summed E-state index contributed by atoms with van der Waals surface area (Å²) >= 11 is 1.38. The van der Waals surface area contributed by atoms with Crippen LogP contribution in [-0.2, 0) is 4.79 Å². The molecule has 4 aromatic rings. The molecule has 0 radical (unpaired) electrons. The van der Waals surface area contributed by atoms with Crippen LogP contribution in [0.4, 0.5) is 0 Å². The van der Waals surface area contributed by atoms with Crippen LogP contribution in [0.2, 0.25) is 0 Å². The molecule has 1 aliphatic rings. The summed E-state index contributed by atoms with van der Waals surface area (Å²) in [6, 6.07) is 14.9. The molecule has 2 heterocycles. The Bertz CT molecular complexity index is 1390. The molecule has 2 aromatic heterocycles. The minimum atomic E-state index is -0.165. The van der Waals surface area contributed by atoms with E-state index in [1.807, 2.05) is 42.5 Å². The minimum Gasteiger partial charge on any atom is -0.497 e. The number of H-pyrrole nitrogens is 1. The van der Waals surface area contributed by atoms with Crippen molar-refractivity contribution in [3.8, 4) is 17.2 Å². The second-order valence-corrected chi connectivity index (χ2v) is 9.86. The average Bonchev–Trinajstić information content (AvgIpc) is 3.40. The van der Waals surface area contributed by atoms with Gasteiger partial charge in [0, 0.05) is 29.7 Å². The molecule has 0 atom stereocenters. The number of carbonyl (C=O) groups excluding carboxylic acids is 1. The third kappa shape index (κ3) is 5.59. The molecule has 2 aromatic carbocycles. The molecule has 1 saturated carbocycles. The molecule has 5 rings (SSSR count). The van der Waals surface area contributed by atoms with Gasteiger partial charge in [-0.05, 0) is 62.1 Å². The first-order valence-corrected chi connectivity index (χ1v) is 13.0. The fraction of sp³-hybridized carbons (Fsp3) is 0.346. The van der Waals surface area contributed by atoms with Gasteiger partial charge in [0.1, 0.15) is 5.75 Å². The molecule has 186 valence electrons. The van der Waals surface area contributed by atoms with Crippen LogP contribution in [-0.4, -0.2) is 45.0 Å². The number of carbonyl (C=O) groups is 1. The summed E-state index contributed by atoms with van der Waals surface area (Å²) in [7, 11) is 1.63. The third-order valence-electron chi connectivity index (χ3n) is 6.38. The fourth-order valence-corrected chi connectivity index (χ4v) is 5.22. The van der Waals surface area contributed by atoms with Crippen LogP contribution in [0, 0.1) is 0 Å². The van der Waals surface area contributed by atoms with Gasteiger partial charge in [-0.2, -0.15) is 0 Å². The van der Waals surface area contributed by atoms with E-state index in [-0.39, 0.29) is 23.4 Å². The van der Waals surface area contributed by atoms with Crippen molar-refractivity contribution in [2.45, 2.75) is 49.2 Å². The van der Waals surface area contributed by atoms with Gasteiger partial charge < -0.3 is 19.5 Å². The zero-order valence-corrected chi connectivity index (χ0v) is 20.7. The SMILES string of the molecule is COc1ccc(-c2nnc(C3CCC(NC(=O)CCSc4nc5ccccc5c(=O)[nH]4)CC3)o2)cc1. The van der Waals surface area contributed by atoms with Crippen LogP contribution < -0.4 is 15.6 Å². The van der Waals surface area contributed by atoms with E-state index >= 15 is 0 Å². The number of para-hydroxylation sites is 1. The van der Waals surface area contributed by atoms with Gasteiger partial charge in [0.2, 0.25) is 17.7 Å². The van der Waals surface area contributed by atoms with Crippen molar-refractivity contribution >= 4 is 28.6 Å². The number of nitrogens with zero attached hydrogens (tertiary/aromatic N) is 3. The quantitative estimate of drug-likeness (QED) is 0.268. The topological polar surface area (TPSA) is 123 Å². The Morgan fingerprint density at radius 1 is 1.11 bits per heavy atom. The number of amides is 1. The molecule has 0 bridgehead atoms. The Morgan fingerprint density at radius 2 is 1.89 bits per heavy atom. The highest BCUT2D eigenvalue weighted by Gasteiger charge is 2.27. The van der Waals surface area contributed by atoms with Crippen molar-refractivity contribution in [1.82, 2.24) is 25.5 Å². The molecule has 0 saturated heterocycles. The fourth-order valence-electron chi connectivity index (χ4n) is 4.41. The number of nitrogens with one attached hydrogen (secondary N) is 2. The number of fused-ring (bicyclic) bond motifs is 1. The van der Waals surface area contributed by atoms with Crippen LogP contribution in [0.5, 0.6) is 5.75 Å². The number of hydrogen-bond donors (Lipinski definition) is 2. The second-order valence-electron chi connectivity index (χ2n) is 8.78. The Balaban J connectivity index is 1.07. The van der Waals surface area contributed by atoms with Crippen LogP contribution in [0.1, 0.15) is 43.9 Å². The van der Waals surface area contributed by atoms with Crippen LogP contribution in [0.3, 0.4) is 0 Å². The summed E-state index contributed by atoms with van der Waals surface area (Å²) in [5.74, 6) is 2.68.